The number of unbranched alkanes of at least 4 members (excludes halogenated alkanes) is 1. The van der Waals surface area contributed by atoms with Crippen LogP contribution in [0.4, 0.5) is 0 Å². The Morgan fingerprint density at radius 3 is 2.33 bits per heavy atom. The molecule has 1 rings (SSSR count). The Morgan fingerprint density at radius 1 is 1.21 bits per heavy atom. The van der Waals surface area contributed by atoms with E-state index in [1.54, 1.807) is 13.8 Å². The largest absolute Gasteiger partial charge is 0.466 e. The van der Waals surface area contributed by atoms with E-state index in [9.17, 15) is 14.4 Å². The van der Waals surface area contributed by atoms with Gasteiger partial charge in [0.25, 0.3) is 0 Å². The zero-order valence-corrected chi connectivity index (χ0v) is 15.0. The summed E-state index contributed by atoms with van der Waals surface area (Å²) in [6, 6.07) is 0.596. The average molecular weight is 339 g/mol. The Bertz CT molecular complexity index is 472. The molecule has 0 amide bonds. The maximum absolute atomic E-state index is 11.9. The zero-order chi connectivity index (χ0) is 18.2. The fraction of sp³-hybridized carbons (Fsp3) is 0.722. The Balaban J connectivity index is 2.04. The monoisotopic (exact) mass is 339 g/mol. The van der Waals surface area contributed by atoms with E-state index >= 15 is 0 Å². The molecule has 1 fully saturated rings. The molecule has 2 unspecified atom stereocenters. The quantitative estimate of drug-likeness (QED) is 0.235. The van der Waals surface area contributed by atoms with Gasteiger partial charge in [-0.2, -0.15) is 0 Å². The van der Waals surface area contributed by atoms with Crippen molar-refractivity contribution in [2.75, 3.05) is 26.3 Å². The van der Waals surface area contributed by atoms with E-state index in [1.165, 1.54) is 6.08 Å². The summed E-state index contributed by atoms with van der Waals surface area (Å²) in [6.45, 7) is 11.3. The van der Waals surface area contributed by atoms with Crippen molar-refractivity contribution < 1.29 is 23.9 Å². The van der Waals surface area contributed by atoms with Gasteiger partial charge in [-0.05, 0) is 39.7 Å². The lowest BCUT2D eigenvalue weighted by Gasteiger charge is -2.21. The first-order valence-electron chi connectivity index (χ1n) is 8.48. The Kier molecular flexibility index (Phi) is 8.11. The van der Waals surface area contributed by atoms with Crippen LogP contribution in [0.1, 0.15) is 46.5 Å². The van der Waals surface area contributed by atoms with E-state index in [1.807, 2.05) is 0 Å². The number of allylic oxidation sites excluding steroid dienone is 1. The van der Waals surface area contributed by atoms with Crippen LogP contribution < -0.4 is 0 Å². The number of nitrogens with zero attached hydrogens (tertiary/aromatic N) is 1. The van der Waals surface area contributed by atoms with Gasteiger partial charge in [0.1, 0.15) is 0 Å². The van der Waals surface area contributed by atoms with Gasteiger partial charge in [-0.1, -0.05) is 6.58 Å². The Morgan fingerprint density at radius 2 is 1.79 bits per heavy atom. The summed E-state index contributed by atoms with van der Waals surface area (Å²) in [7, 11) is 0. The standard InChI is InChI=1S/C18H29NO5/c1-5-15(20)12-18(3,4)17(22)24-11-7-6-10-23-16(21)8-9-19-13-14(19)2/h5,14H,1,6-13H2,2-4H3. The molecule has 1 aliphatic heterocycles. The summed E-state index contributed by atoms with van der Waals surface area (Å²) < 4.78 is 10.3. The van der Waals surface area contributed by atoms with Crippen molar-refractivity contribution in [2.24, 2.45) is 5.41 Å². The molecule has 0 aliphatic carbocycles. The molecule has 0 aromatic carbocycles. The second-order valence-corrected chi connectivity index (χ2v) is 6.89. The van der Waals surface area contributed by atoms with E-state index < -0.39 is 11.4 Å². The summed E-state index contributed by atoms with van der Waals surface area (Å²) >= 11 is 0. The highest BCUT2D eigenvalue weighted by atomic mass is 16.5. The third-order valence-corrected chi connectivity index (χ3v) is 4.02. The predicted molar refractivity (Wildman–Crippen MR) is 90.4 cm³/mol. The third-order valence-electron chi connectivity index (χ3n) is 4.02. The second-order valence-electron chi connectivity index (χ2n) is 6.89. The zero-order valence-electron chi connectivity index (χ0n) is 15.0. The number of ketones is 1. The summed E-state index contributed by atoms with van der Waals surface area (Å²) in [4.78, 5) is 37.0. The van der Waals surface area contributed by atoms with Crippen LogP contribution in [-0.4, -0.2) is 55.0 Å². The van der Waals surface area contributed by atoms with Crippen LogP contribution in [0.2, 0.25) is 0 Å². The fourth-order valence-corrected chi connectivity index (χ4v) is 2.24. The van der Waals surface area contributed by atoms with Crippen molar-refractivity contribution in [3.8, 4) is 0 Å². The molecule has 1 aliphatic rings. The van der Waals surface area contributed by atoms with Crippen molar-refractivity contribution in [3.63, 3.8) is 0 Å². The molecule has 24 heavy (non-hydrogen) atoms. The Labute approximate surface area is 144 Å². The van der Waals surface area contributed by atoms with Crippen LogP contribution in [0.15, 0.2) is 12.7 Å². The molecule has 0 N–H and O–H groups in total. The predicted octanol–water partition coefficient (Wildman–Crippen LogP) is 2.12. The van der Waals surface area contributed by atoms with E-state index in [-0.39, 0.29) is 24.8 Å². The van der Waals surface area contributed by atoms with Crippen molar-refractivity contribution >= 4 is 17.7 Å². The normalized spacial score (nSPS) is 19.5. The first-order chi connectivity index (χ1) is 11.3. The molecule has 0 aromatic heterocycles. The highest BCUT2D eigenvalue weighted by Gasteiger charge is 2.31. The number of hydrogen-bond donors (Lipinski definition) is 0. The van der Waals surface area contributed by atoms with E-state index in [2.05, 4.69) is 18.4 Å². The molecule has 1 saturated heterocycles. The van der Waals surface area contributed by atoms with Crippen molar-refractivity contribution in [1.82, 2.24) is 4.90 Å². The SMILES string of the molecule is C=CC(=O)CC(C)(C)C(=O)OCCCCOC(=O)CCN1CC1C. The third kappa shape index (κ3) is 7.73. The topological polar surface area (TPSA) is 72.7 Å². The second kappa shape index (κ2) is 9.57. The van der Waals surface area contributed by atoms with Crippen LogP contribution >= 0.6 is 0 Å². The number of carbonyl (C=O) groups excluding carboxylic acids is 3. The maximum atomic E-state index is 11.9. The van der Waals surface area contributed by atoms with E-state index in [0.29, 0.717) is 31.9 Å². The highest BCUT2D eigenvalue weighted by molar-refractivity contribution is 5.93. The maximum Gasteiger partial charge on any atom is 0.311 e. The van der Waals surface area contributed by atoms with Gasteiger partial charge >= 0.3 is 11.9 Å². The molecule has 0 saturated carbocycles. The smallest absolute Gasteiger partial charge is 0.311 e. The molecule has 6 nitrogen and oxygen atoms in total. The van der Waals surface area contributed by atoms with Crippen molar-refractivity contribution in [2.45, 2.75) is 52.5 Å². The molecule has 2 atom stereocenters. The first-order valence-corrected chi connectivity index (χ1v) is 8.48. The van der Waals surface area contributed by atoms with Gasteiger partial charge in [-0.3, -0.25) is 19.3 Å². The number of ether oxygens (including phenoxy) is 2. The van der Waals surface area contributed by atoms with Gasteiger partial charge in [0.15, 0.2) is 5.78 Å². The molecule has 0 aromatic rings. The lowest BCUT2D eigenvalue weighted by Crippen LogP contribution is -2.29. The number of esters is 2. The molecule has 1 heterocycles. The minimum atomic E-state index is -0.854. The van der Waals surface area contributed by atoms with Gasteiger partial charge in [0, 0.05) is 25.6 Å². The van der Waals surface area contributed by atoms with Crippen LogP contribution in [0.3, 0.4) is 0 Å². The minimum absolute atomic E-state index is 0.0859. The van der Waals surface area contributed by atoms with Crippen molar-refractivity contribution in [1.29, 1.82) is 0 Å². The number of rotatable bonds is 12. The van der Waals surface area contributed by atoms with Gasteiger partial charge in [-0.15, -0.1) is 0 Å². The molecule has 6 heteroatoms. The molecule has 136 valence electrons. The summed E-state index contributed by atoms with van der Waals surface area (Å²) in [5.74, 6) is -0.766. The molecule has 0 bridgehead atoms. The molecular weight excluding hydrogens is 310 g/mol. The fourth-order valence-electron chi connectivity index (χ4n) is 2.24. The Hall–Kier alpha value is -1.69. The highest BCUT2D eigenvalue weighted by Crippen LogP contribution is 2.23. The van der Waals surface area contributed by atoms with Crippen LogP contribution in [0.25, 0.3) is 0 Å². The average Bonchev–Trinajstić information content (AvgIpc) is 3.23. The summed E-state index contributed by atoms with van der Waals surface area (Å²) in [5.41, 5.74) is -0.854. The minimum Gasteiger partial charge on any atom is -0.466 e. The van der Waals surface area contributed by atoms with Crippen molar-refractivity contribution in [3.05, 3.63) is 12.7 Å². The molecule has 0 radical (unpaired) electrons. The summed E-state index contributed by atoms with van der Waals surface area (Å²) in [5, 5.41) is 0. The van der Waals surface area contributed by atoms with Gasteiger partial charge in [0.2, 0.25) is 0 Å². The van der Waals surface area contributed by atoms with Gasteiger partial charge in [-0.25, -0.2) is 0 Å². The van der Waals surface area contributed by atoms with E-state index in [0.717, 1.165) is 13.1 Å². The van der Waals surface area contributed by atoms with Crippen LogP contribution in [-0.2, 0) is 23.9 Å². The van der Waals surface area contributed by atoms with Crippen LogP contribution in [0.5, 0.6) is 0 Å². The van der Waals surface area contributed by atoms with Crippen LogP contribution in [0, 0.1) is 5.41 Å². The lowest BCUT2D eigenvalue weighted by molar-refractivity contribution is -0.156. The summed E-state index contributed by atoms with van der Waals surface area (Å²) in [6.07, 6.45) is 2.98. The molecule has 0 spiro atoms. The van der Waals surface area contributed by atoms with Gasteiger partial charge < -0.3 is 9.47 Å². The lowest BCUT2D eigenvalue weighted by atomic mass is 9.87. The number of hydrogen-bond acceptors (Lipinski definition) is 6. The molecular formula is C18H29NO5. The van der Waals surface area contributed by atoms with Gasteiger partial charge in [0.05, 0.1) is 25.0 Å². The first kappa shape index (κ1) is 20.4. The number of carbonyl (C=O) groups is 3. The van der Waals surface area contributed by atoms with E-state index in [4.69, 9.17) is 9.47 Å².